The van der Waals surface area contributed by atoms with E-state index in [1.807, 2.05) is 36.5 Å². The lowest BCUT2D eigenvalue weighted by Crippen LogP contribution is -2.31. The molecule has 2 heterocycles. The molecule has 4 aromatic rings. The SMILES string of the molecule is Cc1cccc(C(=NNc2cccnc2N2CCc3ccccc3C2)c2ccccc2)c1. The van der Waals surface area contributed by atoms with Crippen LogP contribution in [0.5, 0.6) is 0 Å². The number of hydrogen-bond donors (Lipinski definition) is 1. The molecule has 0 radical (unpaired) electrons. The van der Waals surface area contributed by atoms with Crippen LogP contribution in [-0.4, -0.2) is 17.2 Å². The Labute approximate surface area is 189 Å². The van der Waals surface area contributed by atoms with Gasteiger partial charge in [0.15, 0.2) is 5.82 Å². The molecule has 0 bridgehead atoms. The lowest BCUT2D eigenvalue weighted by atomic mass is 10.00. The predicted octanol–water partition coefficient (Wildman–Crippen LogP) is 5.82. The molecule has 4 heteroatoms. The van der Waals surface area contributed by atoms with Gasteiger partial charge in [-0.15, -0.1) is 0 Å². The zero-order valence-electron chi connectivity index (χ0n) is 18.2. The van der Waals surface area contributed by atoms with E-state index < -0.39 is 0 Å². The molecule has 0 spiro atoms. The van der Waals surface area contributed by atoms with Gasteiger partial charge < -0.3 is 4.90 Å². The summed E-state index contributed by atoms with van der Waals surface area (Å²) in [6, 6.07) is 31.4. The van der Waals surface area contributed by atoms with Gasteiger partial charge in [0.2, 0.25) is 0 Å². The maximum atomic E-state index is 4.88. The summed E-state index contributed by atoms with van der Waals surface area (Å²) in [5.41, 5.74) is 11.3. The summed E-state index contributed by atoms with van der Waals surface area (Å²) >= 11 is 0. The van der Waals surface area contributed by atoms with Crippen LogP contribution >= 0.6 is 0 Å². The summed E-state index contributed by atoms with van der Waals surface area (Å²) in [6.07, 6.45) is 2.87. The summed E-state index contributed by atoms with van der Waals surface area (Å²) in [7, 11) is 0. The maximum Gasteiger partial charge on any atom is 0.154 e. The van der Waals surface area contributed by atoms with Crippen LogP contribution in [0, 0.1) is 6.92 Å². The number of fused-ring (bicyclic) bond motifs is 1. The van der Waals surface area contributed by atoms with Gasteiger partial charge in [0.05, 0.1) is 11.4 Å². The first-order valence-electron chi connectivity index (χ1n) is 11.0. The van der Waals surface area contributed by atoms with Crippen molar-refractivity contribution in [3.05, 3.63) is 125 Å². The highest BCUT2D eigenvalue weighted by molar-refractivity contribution is 6.13. The largest absolute Gasteiger partial charge is 0.350 e. The van der Waals surface area contributed by atoms with Crippen LogP contribution in [-0.2, 0) is 13.0 Å². The highest BCUT2D eigenvalue weighted by Gasteiger charge is 2.19. The molecule has 1 N–H and O–H groups in total. The summed E-state index contributed by atoms with van der Waals surface area (Å²) in [5, 5.41) is 4.88. The van der Waals surface area contributed by atoms with E-state index in [1.165, 1.54) is 16.7 Å². The minimum absolute atomic E-state index is 0.856. The third-order valence-electron chi connectivity index (χ3n) is 5.84. The number of aromatic nitrogens is 1. The third kappa shape index (κ3) is 4.26. The Morgan fingerprint density at radius 2 is 1.62 bits per heavy atom. The fraction of sp³-hybridized carbons (Fsp3) is 0.143. The Kier molecular flexibility index (Phi) is 5.67. The molecule has 1 aromatic heterocycles. The molecular weight excluding hydrogens is 392 g/mol. The average Bonchev–Trinajstić information content (AvgIpc) is 2.85. The van der Waals surface area contributed by atoms with Crippen molar-refractivity contribution in [1.29, 1.82) is 0 Å². The molecule has 0 saturated heterocycles. The second kappa shape index (κ2) is 9.06. The Morgan fingerprint density at radius 1 is 0.844 bits per heavy atom. The second-order valence-corrected chi connectivity index (χ2v) is 8.12. The average molecular weight is 419 g/mol. The van der Waals surface area contributed by atoms with E-state index in [2.05, 4.69) is 77.9 Å². The molecule has 0 amide bonds. The number of pyridine rings is 1. The van der Waals surface area contributed by atoms with Gasteiger partial charge >= 0.3 is 0 Å². The number of anilines is 2. The highest BCUT2D eigenvalue weighted by atomic mass is 15.3. The van der Waals surface area contributed by atoms with Gasteiger partial charge in [0.25, 0.3) is 0 Å². The number of aryl methyl sites for hydroxylation is 1. The van der Waals surface area contributed by atoms with Crippen molar-refractivity contribution in [3.8, 4) is 0 Å². The van der Waals surface area contributed by atoms with Gasteiger partial charge in [-0.3, -0.25) is 5.43 Å². The van der Waals surface area contributed by atoms with E-state index in [1.54, 1.807) is 0 Å². The van der Waals surface area contributed by atoms with Crippen LogP contribution in [0.25, 0.3) is 0 Å². The van der Waals surface area contributed by atoms with E-state index >= 15 is 0 Å². The van der Waals surface area contributed by atoms with Crippen LogP contribution < -0.4 is 10.3 Å². The van der Waals surface area contributed by atoms with E-state index in [0.717, 1.165) is 47.9 Å². The van der Waals surface area contributed by atoms with Crippen molar-refractivity contribution in [3.63, 3.8) is 0 Å². The van der Waals surface area contributed by atoms with Crippen LogP contribution in [0.2, 0.25) is 0 Å². The van der Waals surface area contributed by atoms with E-state index in [-0.39, 0.29) is 0 Å². The predicted molar refractivity (Wildman–Crippen MR) is 132 cm³/mol. The molecule has 4 nitrogen and oxygen atoms in total. The lowest BCUT2D eigenvalue weighted by Gasteiger charge is -2.30. The third-order valence-corrected chi connectivity index (χ3v) is 5.84. The van der Waals surface area contributed by atoms with Gasteiger partial charge in [-0.2, -0.15) is 5.10 Å². The zero-order chi connectivity index (χ0) is 21.8. The molecule has 0 fully saturated rings. The van der Waals surface area contributed by atoms with Gasteiger partial charge in [0, 0.05) is 30.4 Å². The molecule has 5 rings (SSSR count). The molecule has 0 atom stereocenters. The van der Waals surface area contributed by atoms with Crippen molar-refractivity contribution in [2.45, 2.75) is 19.9 Å². The first-order chi connectivity index (χ1) is 15.8. The van der Waals surface area contributed by atoms with E-state index in [4.69, 9.17) is 10.1 Å². The fourth-order valence-corrected chi connectivity index (χ4v) is 4.21. The van der Waals surface area contributed by atoms with Crippen LogP contribution in [0.4, 0.5) is 11.5 Å². The number of hydrogen-bond acceptors (Lipinski definition) is 4. The second-order valence-electron chi connectivity index (χ2n) is 8.12. The molecule has 1 aliphatic rings. The highest BCUT2D eigenvalue weighted by Crippen LogP contribution is 2.28. The zero-order valence-corrected chi connectivity index (χ0v) is 18.2. The smallest absolute Gasteiger partial charge is 0.154 e. The van der Waals surface area contributed by atoms with Crippen LogP contribution in [0.3, 0.4) is 0 Å². The van der Waals surface area contributed by atoms with Crippen molar-refractivity contribution in [2.75, 3.05) is 16.9 Å². The Bertz CT molecular complexity index is 1250. The topological polar surface area (TPSA) is 40.5 Å². The fourth-order valence-electron chi connectivity index (χ4n) is 4.21. The number of rotatable bonds is 5. The standard InChI is InChI=1S/C28H26N4/c1-21-9-7-14-24(19-21)27(23-11-3-2-4-12-23)31-30-26-15-8-17-29-28(26)32-18-16-22-10-5-6-13-25(22)20-32/h2-15,17,19,30H,16,18,20H2,1H3. The van der Waals surface area contributed by atoms with E-state index in [9.17, 15) is 0 Å². The lowest BCUT2D eigenvalue weighted by molar-refractivity contribution is 0.721. The summed E-state index contributed by atoms with van der Waals surface area (Å²) in [6.45, 7) is 3.90. The molecule has 0 saturated carbocycles. The summed E-state index contributed by atoms with van der Waals surface area (Å²) in [4.78, 5) is 7.04. The Morgan fingerprint density at radius 3 is 2.47 bits per heavy atom. The molecular formula is C28H26N4. The number of hydrazone groups is 1. The molecule has 1 aliphatic heterocycles. The first-order valence-corrected chi connectivity index (χ1v) is 11.0. The van der Waals surface area contributed by atoms with Crippen LogP contribution in [0.1, 0.15) is 27.8 Å². The molecule has 3 aromatic carbocycles. The Hall–Kier alpha value is -3.92. The van der Waals surface area contributed by atoms with Gasteiger partial charge in [-0.1, -0.05) is 78.4 Å². The normalized spacial score (nSPS) is 13.5. The van der Waals surface area contributed by atoms with Crippen molar-refractivity contribution in [1.82, 2.24) is 4.98 Å². The Balaban J connectivity index is 1.48. The first kappa shape index (κ1) is 20.0. The number of nitrogens with zero attached hydrogens (tertiary/aromatic N) is 3. The van der Waals surface area contributed by atoms with Crippen LogP contribution in [0.15, 0.2) is 102 Å². The van der Waals surface area contributed by atoms with Crippen molar-refractivity contribution in [2.24, 2.45) is 5.10 Å². The molecule has 158 valence electrons. The van der Waals surface area contributed by atoms with E-state index in [0.29, 0.717) is 0 Å². The summed E-state index contributed by atoms with van der Waals surface area (Å²) in [5.74, 6) is 0.933. The molecule has 0 aliphatic carbocycles. The van der Waals surface area contributed by atoms with Gasteiger partial charge in [0.1, 0.15) is 0 Å². The van der Waals surface area contributed by atoms with Crippen molar-refractivity contribution < 1.29 is 0 Å². The number of nitrogens with one attached hydrogen (secondary N) is 1. The van der Waals surface area contributed by atoms with Crippen molar-refractivity contribution >= 4 is 17.2 Å². The molecule has 32 heavy (non-hydrogen) atoms. The number of benzene rings is 3. The summed E-state index contributed by atoms with van der Waals surface area (Å²) < 4.78 is 0. The van der Waals surface area contributed by atoms with Gasteiger partial charge in [-0.25, -0.2) is 4.98 Å². The maximum absolute atomic E-state index is 4.88. The van der Waals surface area contributed by atoms with Gasteiger partial charge in [-0.05, 0) is 42.7 Å². The minimum Gasteiger partial charge on any atom is -0.350 e. The quantitative estimate of drug-likeness (QED) is 0.328. The monoisotopic (exact) mass is 418 g/mol. The molecule has 0 unspecified atom stereocenters. The minimum atomic E-state index is 0.856.